The second kappa shape index (κ2) is 6.43. The number of aromatic nitrogens is 2. The summed E-state index contributed by atoms with van der Waals surface area (Å²) in [4.78, 5) is 19.5. The van der Waals surface area contributed by atoms with Gasteiger partial charge in [0.1, 0.15) is 5.82 Å². The molecule has 1 N–H and O–H groups in total. The Morgan fingerprint density at radius 1 is 1.14 bits per heavy atom. The first-order valence-corrected chi connectivity index (χ1v) is 7.41. The lowest BCUT2D eigenvalue weighted by atomic mass is 10.1. The van der Waals surface area contributed by atoms with Crippen molar-refractivity contribution in [3.8, 4) is 0 Å². The molecule has 0 aliphatic heterocycles. The Morgan fingerprint density at radius 3 is 2.73 bits per heavy atom. The Bertz CT molecular complexity index is 778. The predicted molar refractivity (Wildman–Crippen MR) is 85.7 cm³/mol. The van der Waals surface area contributed by atoms with Crippen LogP contribution in [0.25, 0.3) is 11.0 Å². The highest BCUT2D eigenvalue weighted by Crippen LogP contribution is 2.16. The molecule has 3 rings (SSSR count). The summed E-state index contributed by atoms with van der Waals surface area (Å²) in [5.41, 5.74) is 4.01. The van der Waals surface area contributed by atoms with Gasteiger partial charge >= 0.3 is 5.97 Å². The number of imidazole rings is 1. The average molecular weight is 294 g/mol. The molecule has 4 nitrogen and oxygen atoms in total. The van der Waals surface area contributed by atoms with Crippen LogP contribution in [-0.4, -0.2) is 22.5 Å². The van der Waals surface area contributed by atoms with Crippen LogP contribution in [0.1, 0.15) is 23.9 Å². The third kappa shape index (κ3) is 3.34. The van der Waals surface area contributed by atoms with Crippen molar-refractivity contribution < 1.29 is 9.53 Å². The number of fused-ring (bicyclic) bond motifs is 1. The lowest BCUT2D eigenvalue weighted by molar-refractivity contribution is -0.142. The molecule has 0 bridgehead atoms. The number of ether oxygens (including phenoxy) is 1. The van der Waals surface area contributed by atoms with E-state index < -0.39 is 0 Å². The van der Waals surface area contributed by atoms with Crippen molar-refractivity contribution in [2.45, 2.75) is 19.8 Å². The van der Waals surface area contributed by atoms with Crippen LogP contribution in [0, 0.1) is 0 Å². The first kappa shape index (κ1) is 14.3. The van der Waals surface area contributed by atoms with E-state index in [1.54, 1.807) is 0 Å². The molecule has 22 heavy (non-hydrogen) atoms. The smallest absolute Gasteiger partial charge is 0.310 e. The third-order valence-electron chi connectivity index (χ3n) is 3.46. The zero-order chi connectivity index (χ0) is 15.4. The van der Waals surface area contributed by atoms with Crippen molar-refractivity contribution >= 4 is 17.0 Å². The molecule has 0 unspecified atom stereocenters. The van der Waals surface area contributed by atoms with Crippen molar-refractivity contribution in [2.75, 3.05) is 6.61 Å². The molecule has 2 aromatic carbocycles. The van der Waals surface area contributed by atoms with E-state index in [-0.39, 0.29) is 12.4 Å². The fraction of sp³-hybridized carbons (Fsp3) is 0.222. The largest absolute Gasteiger partial charge is 0.466 e. The number of H-pyrrole nitrogens is 1. The van der Waals surface area contributed by atoms with Gasteiger partial charge in [0.2, 0.25) is 0 Å². The molecule has 4 heteroatoms. The zero-order valence-electron chi connectivity index (χ0n) is 12.5. The van der Waals surface area contributed by atoms with E-state index in [1.165, 1.54) is 5.56 Å². The number of hydrogen-bond donors (Lipinski definition) is 1. The van der Waals surface area contributed by atoms with Gasteiger partial charge in [-0.25, -0.2) is 4.98 Å². The number of hydrogen-bond acceptors (Lipinski definition) is 3. The highest BCUT2D eigenvalue weighted by Gasteiger charge is 2.08. The van der Waals surface area contributed by atoms with Gasteiger partial charge in [-0.1, -0.05) is 36.4 Å². The first-order valence-electron chi connectivity index (χ1n) is 7.41. The topological polar surface area (TPSA) is 55.0 Å². The molecule has 0 aliphatic carbocycles. The maximum Gasteiger partial charge on any atom is 0.310 e. The highest BCUT2D eigenvalue weighted by atomic mass is 16.5. The fourth-order valence-electron chi connectivity index (χ4n) is 2.47. The molecule has 1 aromatic heterocycles. The van der Waals surface area contributed by atoms with Crippen molar-refractivity contribution in [1.82, 2.24) is 9.97 Å². The standard InChI is InChI=1S/C18H18N2O2/c1-2-22-18(21)12-14-8-9-15-16(10-14)20-17(19-15)11-13-6-4-3-5-7-13/h3-10H,2,11-12H2,1H3,(H,19,20). The van der Waals surface area contributed by atoms with Crippen molar-refractivity contribution in [3.63, 3.8) is 0 Å². The molecule has 112 valence electrons. The van der Waals surface area contributed by atoms with Gasteiger partial charge < -0.3 is 9.72 Å². The van der Waals surface area contributed by atoms with E-state index in [9.17, 15) is 4.79 Å². The van der Waals surface area contributed by atoms with Gasteiger partial charge in [-0.2, -0.15) is 0 Å². The van der Waals surface area contributed by atoms with E-state index in [0.29, 0.717) is 6.61 Å². The predicted octanol–water partition coefficient (Wildman–Crippen LogP) is 3.26. The van der Waals surface area contributed by atoms with Gasteiger partial charge in [0, 0.05) is 6.42 Å². The maximum atomic E-state index is 11.5. The van der Waals surface area contributed by atoms with Crippen LogP contribution in [0.4, 0.5) is 0 Å². The molecule has 0 saturated heterocycles. The van der Waals surface area contributed by atoms with E-state index in [1.807, 2.05) is 43.3 Å². The lowest BCUT2D eigenvalue weighted by Crippen LogP contribution is -2.07. The quantitative estimate of drug-likeness (QED) is 0.735. The second-order valence-corrected chi connectivity index (χ2v) is 5.18. The molecule has 1 heterocycles. The molecular weight excluding hydrogens is 276 g/mol. The molecule has 3 aromatic rings. The van der Waals surface area contributed by atoms with Crippen LogP contribution in [0.2, 0.25) is 0 Å². The molecular formula is C18H18N2O2. The molecule has 0 atom stereocenters. The van der Waals surface area contributed by atoms with Gasteiger partial charge in [-0.3, -0.25) is 4.79 Å². The molecule has 0 fully saturated rings. The summed E-state index contributed by atoms with van der Waals surface area (Å²) >= 11 is 0. The first-order chi connectivity index (χ1) is 10.7. The minimum atomic E-state index is -0.203. The van der Waals surface area contributed by atoms with Crippen molar-refractivity contribution in [2.24, 2.45) is 0 Å². The Labute approximate surface area is 129 Å². The number of nitrogens with zero attached hydrogens (tertiary/aromatic N) is 1. The van der Waals surface area contributed by atoms with E-state index in [2.05, 4.69) is 22.1 Å². The van der Waals surface area contributed by atoms with Crippen LogP contribution >= 0.6 is 0 Å². The Balaban J connectivity index is 1.79. The Morgan fingerprint density at radius 2 is 1.95 bits per heavy atom. The van der Waals surface area contributed by atoms with Crippen molar-refractivity contribution in [3.05, 3.63) is 65.5 Å². The summed E-state index contributed by atoms with van der Waals surface area (Å²) in [5.74, 6) is 0.723. The van der Waals surface area contributed by atoms with Gasteiger partial charge in [-0.15, -0.1) is 0 Å². The van der Waals surface area contributed by atoms with Crippen LogP contribution in [0.3, 0.4) is 0 Å². The Kier molecular flexibility index (Phi) is 4.19. The summed E-state index contributed by atoms with van der Waals surface area (Å²) in [6.07, 6.45) is 1.06. The normalized spacial score (nSPS) is 10.8. The van der Waals surface area contributed by atoms with Gasteiger partial charge in [0.05, 0.1) is 24.1 Å². The van der Waals surface area contributed by atoms with E-state index >= 15 is 0 Å². The zero-order valence-corrected chi connectivity index (χ0v) is 12.5. The van der Waals surface area contributed by atoms with Gasteiger partial charge in [0.15, 0.2) is 0 Å². The number of rotatable bonds is 5. The molecule has 0 spiro atoms. The molecule has 0 amide bonds. The summed E-state index contributed by atoms with van der Waals surface area (Å²) in [7, 11) is 0. The second-order valence-electron chi connectivity index (χ2n) is 5.18. The fourth-order valence-corrected chi connectivity index (χ4v) is 2.47. The van der Waals surface area contributed by atoms with Crippen LogP contribution in [0.15, 0.2) is 48.5 Å². The summed E-state index contributed by atoms with van der Waals surface area (Å²) in [6, 6.07) is 16.0. The monoisotopic (exact) mass is 294 g/mol. The average Bonchev–Trinajstić information content (AvgIpc) is 2.90. The minimum Gasteiger partial charge on any atom is -0.466 e. The van der Waals surface area contributed by atoms with Gasteiger partial charge in [-0.05, 0) is 30.2 Å². The number of benzene rings is 2. The highest BCUT2D eigenvalue weighted by molar-refractivity contribution is 5.79. The van der Waals surface area contributed by atoms with Gasteiger partial charge in [0.25, 0.3) is 0 Å². The summed E-state index contributed by atoms with van der Waals surface area (Å²) in [6.45, 7) is 2.22. The maximum absolute atomic E-state index is 11.5. The number of nitrogens with one attached hydrogen (secondary N) is 1. The van der Waals surface area contributed by atoms with Crippen LogP contribution in [0.5, 0.6) is 0 Å². The number of carbonyl (C=O) groups excluding carboxylic acids is 1. The number of carbonyl (C=O) groups is 1. The third-order valence-corrected chi connectivity index (χ3v) is 3.46. The summed E-state index contributed by atoms with van der Waals surface area (Å²) < 4.78 is 4.98. The summed E-state index contributed by atoms with van der Waals surface area (Å²) in [5, 5.41) is 0. The number of aromatic amines is 1. The lowest BCUT2D eigenvalue weighted by Gasteiger charge is -2.01. The molecule has 0 aliphatic rings. The van der Waals surface area contributed by atoms with Crippen molar-refractivity contribution in [1.29, 1.82) is 0 Å². The Hall–Kier alpha value is -2.62. The van der Waals surface area contributed by atoms with Crippen LogP contribution < -0.4 is 0 Å². The number of esters is 1. The van der Waals surface area contributed by atoms with Crippen LogP contribution in [-0.2, 0) is 22.4 Å². The van der Waals surface area contributed by atoms with E-state index in [0.717, 1.165) is 28.8 Å². The van der Waals surface area contributed by atoms with E-state index in [4.69, 9.17) is 4.74 Å². The molecule has 0 saturated carbocycles. The molecule has 0 radical (unpaired) electrons. The minimum absolute atomic E-state index is 0.203. The SMILES string of the molecule is CCOC(=O)Cc1ccc2nc(Cc3ccccc3)[nH]c2c1.